The predicted molar refractivity (Wildman–Crippen MR) is 36.0 cm³/mol. The summed E-state index contributed by atoms with van der Waals surface area (Å²) in [6, 6.07) is 6.85. The maximum Gasteiger partial charge on any atom is 0.550 e. The average Bonchev–Trinajstić information content (AvgIpc) is 1.89. The van der Waals surface area contributed by atoms with Crippen LogP contribution in [0.2, 0.25) is 0 Å². The molecule has 0 bridgehead atoms. The number of nitrogens with two attached hydrogens (primary N) is 1. The van der Waals surface area contributed by atoms with Crippen molar-refractivity contribution < 1.29 is 0 Å². The minimum Gasteiger partial charge on any atom is -0.388 e. The molecular weight excluding hydrogens is 114 g/mol. The predicted octanol–water partition coefficient (Wildman–Crippen LogP) is 1.26. The van der Waals surface area contributed by atoms with Crippen LogP contribution in [0.4, 0.5) is 11.4 Å². The van der Waals surface area contributed by atoms with Crippen LogP contribution in [0.5, 0.6) is 0 Å². The molecule has 0 unspecified atom stereocenters. The highest BCUT2D eigenvalue weighted by molar-refractivity contribution is 5.60. The van der Waals surface area contributed by atoms with E-state index in [-0.39, 0.29) is 0 Å². The van der Waals surface area contributed by atoms with E-state index in [0.29, 0.717) is 11.4 Å². The van der Waals surface area contributed by atoms with E-state index < -0.39 is 0 Å². The number of rotatable bonds is 1. The first-order chi connectivity index (χ1) is 4.34. The molecule has 0 amide bonds. The third kappa shape index (κ3) is 1.01. The van der Waals surface area contributed by atoms with Crippen LogP contribution >= 0.6 is 0 Å². The number of anilines is 1. The van der Waals surface area contributed by atoms with Crippen molar-refractivity contribution in [3.05, 3.63) is 29.8 Å². The van der Waals surface area contributed by atoms with Gasteiger partial charge in [-0.3, -0.25) is 0 Å². The fourth-order valence-electron chi connectivity index (χ4n) is 0.579. The number of nitrogen functional groups attached to an aromatic ring is 1. The van der Waals surface area contributed by atoms with Crippen molar-refractivity contribution in [1.82, 2.24) is 5.11 Å². The molecular formula is C6H6N3+. The maximum atomic E-state index is 8.26. The second-order valence-corrected chi connectivity index (χ2v) is 1.66. The zero-order chi connectivity index (χ0) is 6.69. The summed E-state index contributed by atoms with van der Waals surface area (Å²) in [5.74, 6) is 0. The van der Waals surface area contributed by atoms with E-state index in [9.17, 15) is 0 Å². The normalized spacial score (nSPS) is 8.44. The first kappa shape index (κ1) is 5.66. The van der Waals surface area contributed by atoms with E-state index in [1.165, 1.54) is 0 Å². The summed E-state index contributed by atoms with van der Waals surface area (Å²) in [5, 5.41) is 2.95. The molecule has 1 aromatic carbocycles. The van der Waals surface area contributed by atoms with Crippen molar-refractivity contribution in [2.45, 2.75) is 0 Å². The molecule has 44 valence electrons. The molecule has 1 rings (SSSR count). The zero-order valence-electron chi connectivity index (χ0n) is 4.78. The van der Waals surface area contributed by atoms with Gasteiger partial charge in [0.1, 0.15) is 0 Å². The van der Waals surface area contributed by atoms with Crippen LogP contribution in [0, 0.1) is 0 Å². The van der Waals surface area contributed by atoms with Gasteiger partial charge in [0.2, 0.25) is 5.11 Å². The number of para-hydroxylation sites is 1. The van der Waals surface area contributed by atoms with Crippen molar-refractivity contribution in [2.75, 3.05) is 5.73 Å². The van der Waals surface area contributed by atoms with E-state index in [0.717, 1.165) is 0 Å². The minimum absolute atomic E-state index is 0.414. The Labute approximate surface area is 53.0 Å². The summed E-state index contributed by atoms with van der Waals surface area (Å²) in [4.78, 5) is 0. The van der Waals surface area contributed by atoms with Crippen LogP contribution in [0.25, 0.3) is 5.53 Å². The molecule has 3 heteroatoms. The lowest BCUT2D eigenvalue weighted by atomic mass is 10.3. The highest BCUT2D eigenvalue weighted by Gasteiger charge is 2.14. The molecule has 0 spiro atoms. The molecule has 9 heavy (non-hydrogen) atoms. The Balaban J connectivity index is 3.15. The van der Waals surface area contributed by atoms with Gasteiger partial charge in [0, 0.05) is 0 Å². The molecule has 0 atom stereocenters. The summed E-state index contributed by atoms with van der Waals surface area (Å²) < 4.78 is 0. The monoisotopic (exact) mass is 120 g/mol. The van der Waals surface area contributed by atoms with Crippen molar-refractivity contribution in [1.29, 1.82) is 0 Å². The molecule has 0 radical (unpaired) electrons. The fraction of sp³-hybridized carbons (Fsp3) is 0. The highest BCUT2D eigenvalue weighted by Crippen LogP contribution is 2.13. The lowest BCUT2D eigenvalue weighted by Gasteiger charge is -1.77. The topological polar surface area (TPSA) is 62.4 Å². The molecule has 0 aliphatic heterocycles. The summed E-state index contributed by atoms with van der Waals surface area (Å²) >= 11 is 0. The van der Waals surface area contributed by atoms with Crippen molar-refractivity contribution >= 4 is 11.4 Å². The van der Waals surface area contributed by atoms with E-state index in [1.54, 1.807) is 24.3 Å². The van der Waals surface area contributed by atoms with Crippen molar-refractivity contribution in [3.8, 4) is 0 Å². The summed E-state index contributed by atoms with van der Waals surface area (Å²) in [6.07, 6.45) is 0. The molecule has 0 heterocycles. The van der Waals surface area contributed by atoms with Crippen molar-refractivity contribution in [2.24, 2.45) is 0 Å². The molecule has 0 saturated heterocycles. The van der Waals surface area contributed by atoms with Gasteiger partial charge in [-0.15, -0.1) is 0 Å². The van der Waals surface area contributed by atoms with Gasteiger partial charge in [0.15, 0.2) is 5.69 Å². The standard InChI is InChI=1S/C6H6N3/c7-5-3-1-2-4-6(5)9-8/h1-4H,7H2/q+1. The Morgan fingerprint density at radius 1 is 1.33 bits per heavy atom. The van der Waals surface area contributed by atoms with Crippen LogP contribution in [0.3, 0.4) is 0 Å². The van der Waals surface area contributed by atoms with Gasteiger partial charge in [-0.1, -0.05) is 11.6 Å². The van der Waals surface area contributed by atoms with E-state index in [4.69, 9.17) is 11.3 Å². The Bertz CT molecular complexity index is 219. The maximum absolute atomic E-state index is 8.26. The van der Waals surface area contributed by atoms with Crippen LogP contribution in [-0.4, -0.2) is 0 Å². The SMILES string of the molecule is [N-]=[N+2]c1ccccc1N. The lowest BCUT2D eigenvalue weighted by molar-refractivity contribution is 1.35. The van der Waals surface area contributed by atoms with Gasteiger partial charge in [0.25, 0.3) is 0 Å². The van der Waals surface area contributed by atoms with Crippen LogP contribution in [0.15, 0.2) is 24.3 Å². The Morgan fingerprint density at radius 3 is 2.44 bits per heavy atom. The van der Waals surface area contributed by atoms with Crippen LogP contribution in [0.1, 0.15) is 0 Å². The van der Waals surface area contributed by atoms with E-state index >= 15 is 0 Å². The summed E-state index contributed by atoms with van der Waals surface area (Å²) in [5.41, 5.74) is 14.5. The highest BCUT2D eigenvalue weighted by atomic mass is 15.0. The van der Waals surface area contributed by atoms with Crippen LogP contribution in [-0.2, 0) is 0 Å². The van der Waals surface area contributed by atoms with Gasteiger partial charge < -0.3 is 5.73 Å². The summed E-state index contributed by atoms with van der Waals surface area (Å²) in [7, 11) is 0. The average molecular weight is 120 g/mol. The third-order valence-electron chi connectivity index (χ3n) is 1.04. The van der Waals surface area contributed by atoms with Gasteiger partial charge >= 0.3 is 5.69 Å². The molecule has 0 fully saturated rings. The number of benzene rings is 1. The molecule has 0 saturated carbocycles. The van der Waals surface area contributed by atoms with Gasteiger partial charge in [-0.25, -0.2) is 0 Å². The van der Waals surface area contributed by atoms with Crippen LogP contribution < -0.4 is 10.8 Å². The first-order valence-corrected chi connectivity index (χ1v) is 2.54. The van der Waals surface area contributed by atoms with Crippen molar-refractivity contribution in [3.63, 3.8) is 0 Å². The quantitative estimate of drug-likeness (QED) is 0.440. The number of nitrogens with zero attached hydrogens (tertiary/aromatic N) is 2. The number of hydrogen-bond acceptors (Lipinski definition) is 2. The van der Waals surface area contributed by atoms with Gasteiger partial charge in [-0.2, -0.15) is 0 Å². The lowest BCUT2D eigenvalue weighted by Crippen LogP contribution is -1.86. The third-order valence-corrected chi connectivity index (χ3v) is 1.04. The molecule has 2 N–H and O–H groups in total. The van der Waals surface area contributed by atoms with Gasteiger partial charge in [0.05, 0.1) is 6.07 Å². The first-order valence-electron chi connectivity index (χ1n) is 2.54. The molecule has 0 aliphatic carbocycles. The fourth-order valence-corrected chi connectivity index (χ4v) is 0.579. The minimum atomic E-state index is 0.414. The van der Waals surface area contributed by atoms with Gasteiger partial charge in [-0.05, 0) is 12.1 Å². The summed E-state index contributed by atoms with van der Waals surface area (Å²) in [6.45, 7) is 0. The smallest absolute Gasteiger partial charge is 0.388 e. The van der Waals surface area contributed by atoms with E-state index in [2.05, 4.69) is 5.11 Å². The molecule has 1 aromatic rings. The second-order valence-electron chi connectivity index (χ2n) is 1.66. The molecule has 3 nitrogen and oxygen atoms in total. The zero-order valence-corrected chi connectivity index (χ0v) is 4.78. The molecule has 0 aliphatic rings. The molecule has 0 aromatic heterocycles. The second kappa shape index (κ2) is 2.20. The van der Waals surface area contributed by atoms with E-state index in [1.807, 2.05) is 0 Å². The Kier molecular flexibility index (Phi) is 1.38. The Hall–Kier alpha value is -1.47. The number of hydrogen-bond donors (Lipinski definition) is 1. The largest absolute Gasteiger partial charge is 0.550 e. The Morgan fingerprint density at radius 2 is 2.00 bits per heavy atom.